The Labute approximate surface area is 188 Å². The SMILES string of the molecule is COc1ccc(C[n+]2cc3ccccc3c3[nH]n(-c4ccc(Cl)c(Cl)c4)c(=O)c32)cc1. The second-order valence-electron chi connectivity index (χ2n) is 7.27. The molecule has 0 fully saturated rings. The van der Waals surface area contributed by atoms with Crippen LogP contribution in [0.3, 0.4) is 0 Å². The van der Waals surface area contributed by atoms with E-state index in [4.69, 9.17) is 27.9 Å². The highest BCUT2D eigenvalue weighted by atomic mass is 35.5. The van der Waals surface area contributed by atoms with Crippen LogP contribution in [0.2, 0.25) is 10.0 Å². The minimum atomic E-state index is -0.160. The normalized spacial score (nSPS) is 11.3. The summed E-state index contributed by atoms with van der Waals surface area (Å²) < 4.78 is 8.73. The first-order valence-electron chi connectivity index (χ1n) is 9.69. The topological polar surface area (TPSA) is 50.9 Å². The highest BCUT2D eigenvalue weighted by molar-refractivity contribution is 6.42. The van der Waals surface area contributed by atoms with E-state index in [1.807, 2.05) is 59.3 Å². The van der Waals surface area contributed by atoms with E-state index in [9.17, 15) is 4.79 Å². The fraction of sp³-hybridized carbons (Fsp3) is 0.0833. The molecule has 5 rings (SSSR count). The number of methoxy groups -OCH3 is 1. The van der Waals surface area contributed by atoms with Crippen LogP contribution >= 0.6 is 23.2 Å². The standard InChI is InChI=1S/C24H17Cl2N3O2/c1-31-18-9-6-15(7-10-18)13-28-14-16-4-2-3-5-19(16)22-23(28)24(30)29(27-22)17-8-11-20(25)21(26)12-17/h2-12,14H,13H2,1H3/p+1. The summed E-state index contributed by atoms with van der Waals surface area (Å²) in [6, 6.07) is 20.9. The van der Waals surface area contributed by atoms with Crippen molar-refractivity contribution in [3.63, 3.8) is 0 Å². The van der Waals surface area contributed by atoms with Gasteiger partial charge in [0.1, 0.15) is 11.3 Å². The maximum absolute atomic E-state index is 13.5. The smallest absolute Gasteiger partial charge is 0.344 e. The average molecular weight is 451 g/mol. The Bertz CT molecular complexity index is 1490. The summed E-state index contributed by atoms with van der Waals surface area (Å²) >= 11 is 12.3. The molecule has 7 heteroatoms. The first-order valence-corrected chi connectivity index (χ1v) is 10.4. The van der Waals surface area contributed by atoms with Gasteiger partial charge in [0.2, 0.25) is 0 Å². The third-order valence-corrected chi connectivity index (χ3v) is 6.09. The van der Waals surface area contributed by atoms with Crippen molar-refractivity contribution in [1.82, 2.24) is 9.78 Å². The number of halogens is 2. The monoisotopic (exact) mass is 450 g/mol. The zero-order chi connectivity index (χ0) is 21.5. The predicted molar refractivity (Wildman–Crippen MR) is 124 cm³/mol. The maximum Gasteiger partial charge on any atom is 0.344 e. The highest BCUT2D eigenvalue weighted by Gasteiger charge is 2.23. The van der Waals surface area contributed by atoms with Gasteiger partial charge in [0.25, 0.3) is 5.52 Å². The molecule has 5 aromatic rings. The number of ether oxygens (including phenoxy) is 1. The zero-order valence-electron chi connectivity index (χ0n) is 16.6. The van der Waals surface area contributed by atoms with Crippen LogP contribution in [0.1, 0.15) is 5.56 Å². The van der Waals surface area contributed by atoms with E-state index >= 15 is 0 Å². The molecule has 3 aromatic carbocycles. The molecular weight excluding hydrogens is 433 g/mol. The Morgan fingerprint density at radius 1 is 1.00 bits per heavy atom. The molecular formula is C24H18Cl2N3O2+. The lowest BCUT2D eigenvalue weighted by molar-refractivity contribution is -0.661. The van der Waals surface area contributed by atoms with Crippen LogP contribution in [0, 0.1) is 0 Å². The van der Waals surface area contributed by atoms with Gasteiger partial charge >= 0.3 is 5.56 Å². The van der Waals surface area contributed by atoms with E-state index in [-0.39, 0.29) is 5.56 Å². The van der Waals surface area contributed by atoms with Crippen molar-refractivity contribution in [1.29, 1.82) is 0 Å². The number of benzene rings is 3. The molecule has 0 saturated heterocycles. The zero-order valence-corrected chi connectivity index (χ0v) is 18.1. The summed E-state index contributed by atoms with van der Waals surface area (Å²) in [5.74, 6) is 0.793. The number of pyridine rings is 1. The second kappa shape index (κ2) is 7.76. The van der Waals surface area contributed by atoms with Crippen LogP contribution in [0.4, 0.5) is 0 Å². The number of rotatable bonds is 4. The Kier molecular flexibility index (Phi) is 4.93. The van der Waals surface area contributed by atoms with Crippen molar-refractivity contribution in [2.24, 2.45) is 0 Å². The van der Waals surface area contributed by atoms with E-state index in [2.05, 4.69) is 5.10 Å². The summed E-state index contributed by atoms with van der Waals surface area (Å²) in [5, 5.41) is 6.11. The molecule has 2 aromatic heterocycles. The molecule has 0 spiro atoms. The van der Waals surface area contributed by atoms with E-state index in [1.54, 1.807) is 25.3 Å². The molecule has 5 nitrogen and oxygen atoms in total. The van der Waals surface area contributed by atoms with Gasteiger partial charge in [-0.3, -0.25) is 9.89 Å². The molecule has 0 bridgehead atoms. The van der Waals surface area contributed by atoms with Crippen LogP contribution in [0.5, 0.6) is 5.75 Å². The van der Waals surface area contributed by atoms with Crippen molar-refractivity contribution in [2.75, 3.05) is 7.11 Å². The molecule has 0 amide bonds. The van der Waals surface area contributed by atoms with Crippen LogP contribution in [0.25, 0.3) is 27.5 Å². The van der Waals surface area contributed by atoms with Crippen LogP contribution in [-0.2, 0) is 6.54 Å². The van der Waals surface area contributed by atoms with Gasteiger partial charge in [0, 0.05) is 16.3 Å². The molecule has 154 valence electrons. The summed E-state index contributed by atoms with van der Waals surface area (Å²) in [4.78, 5) is 13.5. The van der Waals surface area contributed by atoms with Crippen LogP contribution in [0.15, 0.2) is 77.7 Å². The van der Waals surface area contributed by atoms with E-state index in [1.165, 1.54) is 4.68 Å². The maximum atomic E-state index is 13.5. The van der Waals surface area contributed by atoms with Gasteiger partial charge in [0.05, 0.1) is 22.8 Å². The number of H-pyrrole nitrogens is 1. The quantitative estimate of drug-likeness (QED) is 0.386. The molecule has 0 radical (unpaired) electrons. The van der Waals surface area contributed by atoms with Gasteiger partial charge in [-0.05, 0) is 48.5 Å². The summed E-state index contributed by atoms with van der Waals surface area (Å²) in [6.45, 7) is 0.541. The lowest BCUT2D eigenvalue weighted by Gasteiger charge is -2.03. The summed E-state index contributed by atoms with van der Waals surface area (Å²) in [5.41, 5.74) is 2.87. The number of aromatic nitrogens is 3. The molecule has 1 N–H and O–H groups in total. The van der Waals surface area contributed by atoms with Crippen LogP contribution in [-0.4, -0.2) is 16.9 Å². The third kappa shape index (κ3) is 3.46. The number of nitrogens with one attached hydrogen (secondary N) is 1. The van der Waals surface area contributed by atoms with Crippen molar-refractivity contribution in [3.05, 3.63) is 98.9 Å². The van der Waals surface area contributed by atoms with E-state index in [0.717, 1.165) is 27.6 Å². The second-order valence-corrected chi connectivity index (χ2v) is 8.08. The molecule has 0 atom stereocenters. The van der Waals surface area contributed by atoms with Gasteiger partial charge in [0.15, 0.2) is 12.7 Å². The van der Waals surface area contributed by atoms with Gasteiger partial charge < -0.3 is 4.74 Å². The number of fused-ring (bicyclic) bond motifs is 3. The first-order chi connectivity index (χ1) is 15.0. The Hall–Kier alpha value is -3.28. The molecule has 0 saturated carbocycles. The molecule has 0 aliphatic heterocycles. The van der Waals surface area contributed by atoms with Crippen LogP contribution < -0.4 is 14.9 Å². The minimum absolute atomic E-state index is 0.160. The highest BCUT2D eigenvalue weighted by Crippen LogP contribution is 2.25. The van der Waals surface area contributed by atoms with Crippen molar-refractivity contribution in [2.45, 2.75) is 6.54 Å². The number of hydrogen-bond donors (Lipinski definition) is 1. The summed E-state index contributed by atoms with van der Waals surface area (Å²) in [7, 11) is 1.64. The average Bonchev–Trinajstić information content (AvgIpc) is 3.14. The van der Waals surface area contributed by atoms with Crippen molar-refractivity contribution < 1.29 is 9.30 Å². The number of hydrogen-bond acceptors (Lipinski definition) is 2. The minimum Gasteiger partial charge on any atom is -0.497 e. The van der Waals surface area contributed by atoms with Gasteiger partial charge in [-0.2, -0.15) is 4.57 Å². The fourth-order valence-corrected chi connectivity index (χ4v) is 4.10. The third-order valence-electron chi connectivity index (χ3n) is 5.35. The molecule has 0 aliphatic rings. The number of aromatic amines is 1. The predicted octanol–water partition coefficient (Wildman–Crippen LogP) is 5.12. The largest absolute Gasteiger partial charge is 0.497 e. The van der Waals surface area contributed by atoms with Gasteiger partial charge in [-0.1, -0.05) is 41.4 Å². The molecule has 0 unspecified atom stereocenters. The molecule has 0 aliphatic carbocycles. The van der Waals surface area contributed by atoms with Crippen molar-refractivity contribution in [3.8, 4) is 11.4 Å². The molecule has 2 heterocycles. The van der Waals surface area contributed by atoms with Gasteiger partial charge in [-0.15, -0.1) is 0 Å². The van der Waals surface area contributed by atoms with E-state index < -0.39 is 0 Å². The Morgan fingerprint density at radius 2 is 1.77 bits per heavy atom. The lowest BCUT2D eigenvalue weighted by atomic mass is 10.1. The lowest BCUT2D eigenvalue weighted by Crippen LogP contribution is -2.38. The van der Waals surface area contributed by atoms with E-state index in [0.29, 0.717) is 27.8 Å². The summed E-state index contributed by atoms with van der Waals surface area (Å²) in [6.07, 6.45) is 2.01. The fourth-order valence-electron chi connectivity index (χ4n) is 3.81. The van der Waals surface area contributed by atoms with Gasteiger partial charge in [-0.25, -0.2) is 4.68 Å². The number of nitrogens with zero attached hydrogens (tertiary/aromatic N) is 2. The Balaban J connectivity index is 1.74. The first kappa shape index (κ1) is 19.7. The Morgan fingerprint density at radius 3 is 2.52 bits per heavy atom. The molecule has 31 heavy (non-hydrogen) atoms. The van der Waals surface area contributed by atoms with Crippen molar-refractivity contribution >= 4 is 45.0 Å².